The third kappa shape index (κ3) is 5.26. The largest absolute Gasteiger partial charge is 0.338 e. The van der Waals surface area contributed by atoms with Gasteiger partial charge < -0.3 is 9.84 Å². The minimum absolute atomic E-state index is 0. The fourth-order valence-corrected chi connectivity index (χ4v) is 4.14. The monoisotopic (exact) mass is 420 g/mol. The molecule has 3 rings (SSSR count). The first-order valence-corrected chi connectivity index (χ1v) is 9.31. The van der Waals surface area contributed by atoms with Crippen molar-refractivity contribution in [1.29, 1.82) is 0 Å². The summed E-state index contributed by atoms with van der Waals surface area (Å²) in [5, 5.41) is 7.33. The molecule has 2 aromatic rings. The summed E-state index contributed by atoms with van der Waals surface area (Å²) >= 11 is 5.08. The van der Waals surface area contributed by atoms with E-state index in [-0.39, 0.29) is 12.4 Å². The van der Waals surface area contributed by atoms with Crippen molar-refractivity contribution in [1.82, 2.24) is 20.4 Å². The smallest absolute Gasteiger partial charge is 0.241 e. The highest BCUT2D eigenvalue weighted by molar-refractivity contribution is 9.11. The molecule has 2 aromatic heterocycles. The van der Waals surface area contributed by atoms with Crippen molar-refractivity contribution in [3.05, 3.63) is 21.8 Å². The second kappa shape index (κ2) is 9.13. The summed E-state index contributed by atoms with van der Waals surface area (Å²) in [6, 6.07) is 4.02. The molecule has 0 unspecified atom stereocenters. The van der Waals surface area contributed by atoms with Gasteiger partial charge in [0.15, 0.2) is 0 Å². The molecule has 128 valence electrons. The van der Waals surface area contributed by atoms with Gasteiger partial charge in [-0.3, -0.25) is 4.90 Å². The van der Waals surface area contributed by atoms with E-state index in [0.29, 0.717) is 11.7 Å². The summed E-state index contributed by atoms with van der Waals surface area (Å²) < 4.78 is 6.48. The number of rotatable bonds is 6. The van der Waals surface area contributed by atoms with Gasteiger partial charge in [0, 0.05) is 0 Å². The number of aromatic nitrogens is 2. The molecule has 1 fully saturated rings. The molecule has 23 heavy (non-hydrogen) atoms. The highest BCUT2D eigenvalue weighted by Gasteiger charge is 2.21. The Kier molecular flexibility index (Phi) is 7.49. The molecule has 0 atom stereocenters. The molecule has 0 amide bonds. The highest BCUT2D eigenvalue weighted by Crippen LogP contribution is 2.29. The molecule has 1 N–H and O–H groups in total. The highest BCUT2D eigenvalue weighted by atomic mass is 79.9. The van der Waals surface area contributed by atoms with E-state index in [1.807, 2.05) is 19.2 Å². The summed E-state index contributed by atoms with van der Waals surface area (Å²) in [7, 11) is 2.02. The Balaban J connectivity index is 0.00000192. The van der Waals surface area contributed by atoms with Crippen LogP contribution in [0.4, 0.5) is 0 Å². The van der Waals surface area contributed by atoms with E-state index in [2.05, 4.69) is 36.3 Å². The van der Waals surface area contributed by atoms with Crippen LogP contribution in [0.25, 0.3) is 10.7 Å². The van der Waals surface area contributed by atoms with Crippen molar-refractivity contribution in [2.24, 2.45) is 5.92 Å². The Morgan fingerprint density at radius 2 is 2.17 bits per heavy atom. The number of hydrogen-bond donors (Lipinski definition) is 1. The van der Waals surface area contributed by atoms with Crippen LogP contribution in [0.15, 0.2) is 20.4 Å². The van der Waals surface area contributed by atoms with Crippen LogP contribution in [0, 0.1) is 5.92 Å². The number of nitrogens with zero attached hydrogens (tertiary/aromatic N) is 3. The number of nitrogens with one attached hydrogen (secondary N) is 1. The van der Waals surface area contributed by atoms with E-state index in [1.54, 1.807) is 11.3 Å². The fourth-order valence-electron chi connectivity index (χ4n) is 2.83. The molecule has 8 heteroatoms. The van der Waals surface area contributed by atoms with Crippen molar-refractivity contribution in [3.63, 3.8) is 0 Å². The first kappa shape index (κ1) is 18.9. The second-order valence-corrected chi connectivity index (χ2v) is 8.19. The zero-order valence-corrected chi connectivity index (χ0v) is 16.3. The van der Waals surface area contributed by atoms with E-state index < -0.39 is 0 Å². The minimum Gasteiger partial charge on any atom is -0.338 e. The molecule has 1 saturated heterocycles. The second-order valence-electron chi connectivity index (χ2n) is 5.73. The van der Waals surface area contributed by atoms with Gasteiger partial charge >= 0.3 is 0 Å². The van der Waals surface area contributed by atoms with Crippen molar-refractivity contribution < 1.29 is 4.52 Å². The Morgan fingerprint density at radius 3 is 2.83 bits per heavy atom. The molecule has 0 aliphatic carbocycles. The molecule has 0 aromatic carbocycles. The van der Waals surface area contributed by atoms with Crippen LogP contribution in [0.3, 0.4) is 0 Å². The molecule has 5 nitrogen and oxygen atoms in total. The first-order chi connectivity index (χ1) is 10.7. The predicted molar refractivity (Wildman–Crippen MR) is 99.1 cm³/mol. The maximum atomic E-state index is 5.40. The summed E-state index contributed by atoms with van der Waals surface area (Å²) in [6.07, 6.45) is 3.81. The van der Waals surface area contributed by atoms with Crippen LogP contribution in [0.1, 0.15) is 25.2 Å². The average Bonchev–Trinajstić information content (AvgIpc) is 3.15. The third-order valence-electron chi connectivity index (χ3n) is 4.13. The Hall–Kier alpha value is -0.470. The minimum atomic E-state index is 0. The predicted octanol–water partition coefficient (Wildman–Crippen LogP) is 3.80. The molecule has 1 aliphatic heterocycles. The normalized spacial score (nSPS) is 16.4. The lowest BCUT2D eigenvalue weighted by Gasteiger charge is -2.30. The topological polar surface area (TPSA) is 54.2 Å². The van der Waals surface area contributed by atoms with Crippen LogP contribution in [0.5, 0.6) is 0 Å². The van der Waals surface area contributed by atoms with Crippen LogP contribution in [-0.2, 0) is 6.54 Å². The van der Waals surface area contributed by atoms with Gasteiger partial charge in [-0.1, -0.05) is 5.16 Å². The Labute approximate surface area is 155 Å². The number of thiophene rings is 1. The molecule has 1 aliphatic rings. The maximum absolute atomic E-state index is 5.40. The van der Waals surface area contributed by atoms with Gasteiger partial charge in [0.25, 0.3) is 0 Å². The summed E-state index contributed by atoms with van der Waals surface area (Å²) in [4.78, 5) is 7.97. The molecular weight excluding hydrogens is 400 g/mol. The number of piperidine rings is 1. The molecular formula is C15H22BrClN4OS. The van der Waals surface area contributed by atoms with Crippen LogP contribution in [-0.4, -0.2) is 41.7 Å². The zero-order chi connectivity index (χ0) is 15.4. The van der Waals surface area contributed by atoms with Crippen molar-refractivity contribution in [3.8, 4) is 10.7 Å². The molecule has 0 spiro atoms. The Morgan fingerprint density at radius 1 is 1.39 bits per heavy atom. The van der Waals surface area contributed by atoms with Gasteiger partial charge in [-0.05, 0) is 79.9 Å². The van der Waals surface area contributed by atoms with E-state index >= 15 is 0 Å². The lowest BCUT2D eigenvalue weighted by atomic mass is 9.93. The van der Waals surface area contributed by atoms with E-state index in [9.17, 15) is 0 Å². The van der Waals surface area contributed by atoms with Crippen LogP contribution in [0.2, 0.25) is 0 Å². The van der Waals surface area contributed by atoms with Gasteiger partial charge in [-0.2, -0.15) is 4.98 Å². The number of halogens is 2. The van der Waals surface area contributed by atoms with E-state index in [0.717, 1.165) is 40.8 Å². The van der Waals surface area contributed by atoms with Gasteiger partial charge in [-0.25, -0.2) is 0 Å². The lowest BCUT2D eigenvalue weighted by Crippen LogP contribution is -2.34. The lowest BCUT2D eigenvalue weighted by molar-refractivity contribution is 0.155. The quantitative estimate of drug-likeness (QED) is 0.769. The summed E-state index contributed by atoms with van der Waals surface area (Å²) in [5.41, 5.74) is 0. The fraction of sp³-hybridized carbons (Fsp3) is 0.600. The first-order valence-electron chi connectivity index (χ1n) is 7.70. The van der Waals surface area contributed by atoms with Crippen molar-refractivity contribution in [2.45, 2.75) is 25.8 Å². The molecule has 0 bridgehead atoms. The van der Waals surface area contributed by atoms with Crippen LogP contribution >= 0.6 is 39.7 Å². The van der Waals surface area contributed by atoms with Gasteiger partial charge in [0.1, 0.15) is 0 Å². The maximum Gasteiger partial charge on any atom is 0.241 e. The zero-order valence-electron chi connectivity index (χ0n) is 13.1. The van der Waals surface area contributed by atoms with Crippen molar-refractivity contribution >= 4 is 39.7 Å². The van der Waals surface area contributed by atoms with E-state index in [1.165, 1.54) is 19.3 Å². The number of hydrogen-bond acceptors (Lipinski definition) is 6. The van der Waals surface area contributed by atoms with Crippen molar-refractivity contribution in [2.75, 3.05) is 26.7 Å². The van der Waals surface area contributed by atoms with Crippen LogP contribution < -0.4 is 5.32 Å². The number of likely N-dealkylation sites (tertiary alicyclic amines) is 1. The summed E-state index contributed by atoms with van der Waals surface area (Å²) in [5.74, 6) is 2.26. The third-order valence-corrected chi connectivity index (χ3v) is 5.75. The molecule has 0 saturated carbocycles. The SMILES string of the molecule is CNCCC1CCN(Cc2nc(-c3ccc(Br)s3)no2)CC1.Cl. The molecule has 0 radical (unpaired) electrons. The summed E-state index contributed by atoms with van der Waals surface area (Å²) in [6.45, 7) is 4.12. The van der Waals surface area contributed by atoms with Gasteiger partial charge in [0.05, 0.1) is 15.2 Å². The standard InChI is InChI=1S/C15H21BrN4OS.ClH/c1-17-7-4-11-5-8-20(9-6-11)10-14-18-15(19-21-14)12-2-3-13(16)22-12;/h2-3,11,17H,4-10H2,1H3;1H. The average molecular weight is 422 g/mol. The molecule has 3 heterocycles. The van der Waals surface area contributed by atoms with Gasteiger partial charge in [-0.15, -0.1) is 23.7 Å². The Bertz CT molecular complexity index is 598. The van der Waals surface area contributed by atoms with Gasteiger partial charge in [0.2, 0.25) is 11.7 Å². The van der Waals surface area contributed by atoms with E-state index in [4.69, 9.17) is 4.52 Å².